The minimum atomic E-state index is -0.454. The summed E-state index contributed by atoms with van der Waals surface area (Å²) >= 11 is 0. The molecule has 10 aromatic rings. The van der Waals surface area contributed by atoms with Crippen LogP contribution in [0.1, 0.15) is 39.7 Å². The first-order valence-electron chi connectivity index (χ1n) is 20.3. The molecule has 2 aliphatic carbocycles. The second kappa shape index (κ2) is 11.8. The molecule has 9 aromatic carbocycles. The lowest BCUT2D eigenvalue weighted by Crippen LogP contribution is -2.42. The maximum absolute atomic E-state index is 2.53. The Morgan fingerprint density at radius 3 is 1.79 bits per heavy atom. The number of para-hydroxylation sites is 1. The summed E-state index contributed by atoms with van der Waals surface area (Å²) in [6, 6.07) is 74.8. The summed E-state index contributed by atoms with van der Waals surface area (Å²) in [5.41, 5.74) is 16.5. The predicted octanol–water partition coefficient (Wildman–Crippen LogP) is 12.8. The highest BCUT2D eigenvalue weighted by Gasteiger charge is 2.53. The standard InChI is InChI=1S/C56H36N2/c1-2-14-41(15-3-1)58-35-42-16-12-13-31-57(42)55(58)37-27-25-36(26-28-37)38-29-30-39-33-49-52(34-40(39)32-38)56(50-23-10-8-19-45(50)46-20-9-11-24-51(46)56)54-48-22-7-5-18-44(48)43-17-4-6-21-47(43)53(49)54/h1-35,55H/q+2. The number of pyridine rings is 1. The van der Waals surface area contributed by atoms with Gasteiger partial charge in [0, 0.05) is 24.3 Å². The molecule has 0 amide bonds. The SMILES string of the molecule is C1=[N+](c2ccccc2)C(c2ccc(-c3ccc4cc5c(cc4c3)C3(c4ccccc4-c4ccccc43)c3c-5c4ccccc4c4ccccc34)cc2)[n+]2ccccc21. The highest BCUT2D eigenvalue weighted by Crippen LogP contribution is 2.65. The van der Waals surface area contributed by atoms with E-state index in [4.69, 9.17) is 0 Å². The summed E-state index contributed by atoms with van der Waals surface area (Å²) in [4.78, 5) is 0. The number of hydrogen-bond donors (Lipinski definition) is 0. The molecule has 0 bridgehead atoms. The van der Waals surface area contributed by atoms with Gasteiger partial charge in [-0.3, -0.25) is 0 Å². The van der Waals surface area contributed by atoms with Crippen LogP contribution in [0, 0.1) is 0 Å². The summed E-state index contributed by atoms with van der Waals surface area (Å²) in [5.74, 6) is 0. The molecular formula is C56H36N2+2. The zero-order chi connectivity index (χ0) is 38.0. The molecule has 0 saturated heterocycles. The first-order valence-corrected chi connectivity index (χ1v) is 20.3. The molecule has 2 nitrogen and oxygen atoms in total. The molecule has 1 atom stereocenters. The molecule has 58 heavy (non-hydrogen) atoms. The van der Waals surface area contributed by atoms with Crippen molar-refractivity contribution in [2.45, 2.75) is 11.6 Å². The minimum Gasteiger partial charge on any atom is -0.127 e. The smallest absolute Gasteiger partial charge is 0.127 e. The van der Waals surface area contributed by atoms with Crippen LogP contribution >= 0.6 is 0 Å². The molecule has 268 valence electrons. The van der Waals surface area contributed by atoms with Gasteiger partial charge in [-0.1, -0.05) is 140 Å². The van der Waals surface area contributed by atoms with Crippen LogP contribution in [0.25, 0.3) is 65.7 Å². The highest BCUT2D eigenvalue weighted by atomic mass is 15.3. The number of aromatic nitrogens is 1. The number of nitrogens with zero attached hydrogens (tertiary/aromatic N) is 2. The Labute approximate surface area is 336 Å². The fourth-order valence-electron chi connectivity index (χ4n) is 10.9. The van der Waals surface area contributed by atoms with Gasteiger partial charge in [0.25, 0.3) is 5.69 Å². The molecule has 1 spiro atoms. The normalized spacial score (nSPS) is 15.3. The Balaban J connectivity index is 1.01. The molecule has 0 fully saturated rings. The van der Waals surface area contributed by atoms with Crippen LogP contribution in [-0.4, -0.2) is 10.8 Å². The lowest BCUT2D eigenvalue weighted by atomic mass is 9.69. The average Bonchev–Trinajstić information content (AvgIpc) is 3.93. The fraction of sp³-hybridized carbons (Fsp3) is 0.0357. The van der Waals surface area contributed by atoms with Crippen molar-refractivity contribution >= 4 is 44.2 Å². The van der Waals surface area contributed by atoms with E-state index in [-0.39, 0.29) is 6.17 Å². The van der Waals surface area contributed by atoms with Crippen molar-refractivity contribution in [1.29, 1.82) is 0 Å². The largest absolute Gasteiger partial charge is 0.380 e. The first kappa shape index (κ1) is 31.7. The Bertz CT molecular complexity index is 3350. The zero-order valence-corrected chi connectivity index (χ0v) is 31.7. The average molecular weight is 737 g/mol. The Kier molecular flexibility index (Phi) is 6.46. The molecule has 1 aliphatic heterocycles. The third kappa shape index (κ3) is 4.16. The quantitative estimate of drug-likeness (QED) is 0.126. The lowest BCUT2D eigenvalue weighted by Gasteiger charge is -2.32. The zero-order valence-electron chi connectivity index (χ0n) is 31.7. The van der Waals surface area contributed by atoms with Crippen molar-refractivity contribution in [2.24, 2.45) is 0 Å². The van der Waals surface area contributed by atoms with Crippen molar-refractivity contribution < 1.29 is 9.14 Å². The Hall–Kier alpha value is -7.42. The summed E-state index contributed by atoms with van der Waals surface area (Å²) < 4.78 is 4.73. The van der Waals surface area contributed by atoms with E-state index in [9.17, 15) is 0 Å². The van der Waals surface area contributed by atoms with Crippen LogP contribution < -0.4 is 4.57 Å². The highest BCUT2D eigenvalue weighted by molar-refractivity contribution is 6.20. The molecular weight excluding hydrogens is 701 g/mol. The molecule has 3 aliphatic rings. The molecule has 0 saturated carbocycles. The Morgan fingerprint density at radius 1 is 0.414 bits per heavy atom. The van der Waals surface area contributed by atoms with E-state index >= 15 is 0 Å². The maximum Gasteiger partial charge on any atom is 0.380 e. The van der Waals surface area contributed by atoms with Crippen LogP contribution in [0.5, 0.6) is 0 Å². The lowest BCUT2D eigenvalue weighted by molar-refractivity contribution is -0.830. The van der Waals surface area contributed by atoms with Gasteiger partial charge in [-0.2, -0.15) is 0 Å². The van der Waals surface area contributed by atoms with Gasteiger partial charge in [0.2, 0.25) is 11.9 Å². The topological polar surface area (TPSA) is 6.89 Å². The van der Waals surface area contributed by atoms with Gasteiger partial charge in [-0.25, -0.2) is 0 Å². The molecule has 1 aromatic heterocycles. The van der Waals surface area contributed by atoms with Gasteiger partial charge >= 0.3 is 6.17 Å². The van der Waals surface area contributed by atoms with Gasteiger partial charge in [0.1, 0.15) is 0 Å². The van der Waals surface area contributed by atoms with E-state index in [0.29, 0.717) is 0 Å². The van der Waals surface area contributed by atoms with Gasteiger partial charge in [0.05, 0.1) is 11.0 Å². The molecule has 2 heterocycles. The van der Waals surface area contributed by atoms with Crippen molar-refractivity contribution in [3.05, 3.63) is 240 Å². The van der Waals surface area contributed by atoms with E-state index in [1.54, 1.807) is 0 Å². The first-order chi connectivity index (χ1) is 28.8. The molecule has 1 unspecified atom stereocenters. The minimum absolute atomic E-state index is 0.0361. The van der Waals surface area contributed by atoms with Crippen LogP contribution in [0.15, 0.2) is 206 Å². The van der Waals surface area contributed by atoms with E-state index in [1.807, 2.05) is 0 Å². The van der Waals surface area contributed by atoms with Crippen LogP contribution in [-0.2, 0) is 5.41 Å². The van der Waals surface area contributed by atoms with E-state index in [1.165, 1.54) is 105 Å². The van der Waals surface area contributed by atoms with Gasteiger partial charge in [-0.15, -0.1) is 9.14 Å². The van der Waals surface area contributed by atoms with Crippen molar-refractivity contribution in [3.63, 3.8) is 0 Å². The summed E-state index contributed by atoms with van der Waals surface area (Å²) in [6.07, 6.45) is 4.48. The van der Waals surface area contributed by atoms with Crippen LogP contribution in [0.4, 0.5) is 5.69 Å². The van der Waals surface area contributed by atoms with Crippen molar-refractivity contribution in [2.75, 3.05) is 0 Å². The van der Waals surface area contributed by atoms with Crippen LogP contribution in [0.2, 0.25) is 0 Å². The second-order valence-electron chi connectivity index (χ2n) is 16.0. The Morgan fingerprint density at radius 2 is 1.03 bits per heavy atom. The molecule has 0 N–H and O–H groups in total. The van der Waals surface area contributed by atoms with E-state index in [0.717, 1.165) is 0 Å². The fourth-order valence-corrected chi connectivity index (χ4v) is 10.9. The van der Waals surface area contributed by atoms with E-state index in [2.05, 4.69) is 222 Å². The summed E-state index contributed by atoms with van der Waals surface area (Å²) in [5, 5.41) is 7.78. The maximum atomic E-state index is 2.53. The van der Waals surface area contributed by atoms with Gasteiger partial charge in [0.15, 0.2) is 6.20 Å². The number of fused-ring (bicyclic) bond motifs is 17. The number of rotatable bonds is 3. The predicted molar refractivity (Wildman–Crippen MR) is 237 cm³/mol. The monoisotopic (exact) mass is 736 g/mol. The summed E-state index contributed by atoms with van der Waals surface area (Å²) in [7, 11) is 0. The molecule has 0 radical (unpaired) electrons. The van der Waals surface area contributed by atoms with Crippen molar-refractivity contribution in [1.82, 2.24) is 0 Å². The number of benzene rings is 9. The van der Waals surface area contributed by atoms with Gasteiger partial charge in [-0.05, 0) is 124 Å². The third-order valence-corrected chi connectivity index (χ3v) is 13.2. The third-order valence-electron chi connectivity index (χ3n) is 13.2. The summed E-state index contributed by atoms with van der Waals surface area (Å²) in [6.45, 7) is 0. The van der Waals surface area contributed by atoms with Crippen LogP contribution in [0.3, 0.4) is 0 Å². The van der Waals surface area contributed by atoms with Crippen molar-refractivity contribution in [3.8, 4) is 33.4 Å². The van der Waals surface area contributed by atoms with Gasteiger partial charge < -0.3 is 0 Å². The number of hydrogen-bond acceptors (Lipinski definition) is 0. The molecule has 13 rings (SSSR count). The molecule has 2 heteroatoms. The second-order valence-corrected chi connectivity index (χ2v) is 16.0. The van der Waals surface area contributed by atoms with E-state index < -0.39 is 5.41 Å².